The molecule has 1 saturated heterocycles. The van der Waals surface area contributed by atoms with Crippen LogP contribution >= 0.6 is 11.6 Å². The van der Waals surface area contributed by atoms with E-state index in [4.69, 9.17) is 21.3 Å². The second-order valence-corrected chi connectivity index (χ2v) is 8.42. The molecule has 1 fully saturated rings. The molecule has 31 heavy (non-hydrogen) atoms. The Bertz CT molecular complexity index is 992. The van der Waals surface area contributed by atoms with Crippen molar-refractivity contribution in [3.05, 3.63) is 52.6 Å². The van der Waals surface area contributed by atoms with Gasteiger partial charge < -0.3 is 15.4 Å². The summed E-state index contributed by atoms with van der Waals surface area (Å²) < 4.78 is 19.3. The van der Waals surface area contributed by atoms with Gasteiger partial charge in [-0.25, -0.2) is 4.39 Å². The van der Waals surface area contributed by atoms with Gasteiger partial charge in [-0.2, -0.15) is 0 Å². The molecule has 8 heteroatoms. The minimum absolute atomic E-state index is 0.00501. The number of carbonyl (C=O) groups is 1. The third-order valence-corrected chi connectivity index (χ3v) is 6.04. The Hall–Kier alpha value is -2.35. The maximum Gasteiger partial charge on any atom is 0.170 e. The number of nitrogens with zero attached hydrogens (tertiary/aromatic N) is 2. The van der Waals surface area contributed by atoms with Gasteiger partial charge in [0.05, 0.1) is 28.5 Å². The first-order chi connectivity index (χ1) is 15.0. The number of hydrogen-bond acceptors (Lipinski definition) is 6. The van der Waals surface area contributed by atoms with Crippen molar-refractivity contribution >= 4 is 28.8 Å². The van der Waals surface area contributed by atoms with Gasteiger partial charge >= 0.3 is 0 Å². The van der Waals surface area contributed by atoms with Crippen LogP contribution in [0.15, 0.2) is 35.5 Å². The molecular weight excluding hydrogens is 419 g/mol. The average molecular weight is 445 g/mol. The molecule has 0 radical (unpaired) electrons. The van der Waals surface area contributed by atoms with E-state index < -0.39 is 11.9 Å². The third kappa shape index (κ3) is 5.29. The fourth-order valence-electron chi connectivity index (χ4n) is 3.96. The summed E-state index contributed by atoms with van der Waals surface area (Å²) in [7, 11) is 0. The number of carbonyl (C=O) groups excluding carboxylic acids is 1. The van der Waals surface area contributed by atoms with Crippen molar-refractivity contribution in [3.8, 4) is 5.75 Å². The highest BCUT2D eigenvalue weighted by atomic mass is 35.5. The van der Waals surface area contributed by atoms with E-state index in [0.29, 0.717) is 35.2 Å². The van der Waals surface area contributed by atoms with Crippen LogP contribution in [0.1, 0.15) is 42.2 Å². The van der Waals surface area contributed by atoms with Gasteiger partial charge in [-0.1, -0.05) is 11.6 Å². The van der Waals surface area contributed by atoms with Gasteiger partial charge in [0.1, 0.15) is 17.7 Å². The first-order valence-corrected chi connectivity index (χ1v) is 11.0. The van der Waals surface area contributed by atoms with Crippen LogP contribution in [0, 0.1) is 11.7 Å². The lowest BCUT2D eigenvalue weighted by Crippen LogP contribution is -2.33. The molecule has 0 saturated carbocycles. The highest BCUT2D eigenvalue weighted by molar-refractivity contribution is 6.30. The number of ether oxygens (including phenoxy) is 1. The van der Waals surface area contributed by atoms with Crippen LogP contribution in [0.25, 0.3) is 0 Å². The summed E-state index contributed by atoms with van der Waals surface area (Å²) >= 11 is 5.84. The van der Waals surface area contributed by atoms with E-state index in [2.05, 4.69) is 15.6 Å². The van der Waals surface area contributed by atoms with Crippen LogP contribution in [0.5, 0.6) is 5.75 Å². The van der Waals surface area contributed by atoms with Gasteiger partial charge in [0.15, 0.2) is 5.78 Å². The van der Waals surface area contributed by atoms with E-state index in [0.717, 1.165) is 38.2 Å². The van der Waals surface area contributed by atoms with Gasteiger partial charge in [-0.3, -0.25) is 14.8 Å². The summed E-state index contributed by atoms with van der Waals surface area (Å²) in [5.41, 5.74) is 2.58. The first kappa shape index (κ1) is 21.9. The van der Waals surface area contributed by atoms with E-state index in [1.807, 2.05) is 6.92 Å². The van der Waals surface area contributed by atoms with Gasteiger partial charge in [-0.15, -0.1) is 0 Å². The molecule has 4 rings (SSSR count). The number of Topliss-reactive ketones (excluding diaryl/α,β-unsaturated/α-hetero) is 1. The predicted octanol–water partition coefficient (Wildman–Crippen LogP) is 4.09. The number of fused-ring (bicyclic) bond motifs is 1. The van der Waals surface area contributed by atoms with Crippen molar-refractivity contribution in [2.24, 2.45) is 10.9 Å². The molecule has 1 atom stereocenters. The van der Waals surface area contributed by atoms with Crippen molar-refractivity contribution in [2.75, 3.05) is 19.6 Å². The molecule has 1 aromatic carbocycles. The topological polar surface area (TPSA) is 75.6 Å². The third-order valence-electron chi connectivity index (χ3n) is 5.75. The number of rotatable bonds is 7. The van der Waals surface area contributed by atoms with Gasteiger partial charge in [0, 0.05) is 24.4 Å². The summed E-state index contributed by atoms with van der Waals surface area (Å²) in [6, 6.07) is 5.90. The van der Waals surface area contributed by atoms with Crippen molar-refractivity contribution in [2.45, 2.75) is 38.8 Å². The second kappa shape index (κ2) is 9.85. The number of hydrogen-bond donors (Lipinski definition) is 2. The number of nitrogens with one attached hydrogen (secondary N) is 2. The SMILES string of the molecule is C[C@@H](Oc1ccc(F)c(Cl)c1)C1=Nc2c(ccnc2CNCC2CCNCC2)C(=O)C1. The molecule has 0 aliphatic carbocycles. The molecule has 0 unspecified atom stereocenters. The largest absolute Gasteiger partial charge is 0.485 e. The molecule has 2 aliphatic heterocycles. The Labute approximate surface area is 186 Å². The molecule has 0 spiro atoms. The second-order valence-electron chi connectivity index (χ2n) is 8.02. The summed E-state index contributed by atoms with van der Waals surface area (Å²) in [4.78, 5) is 22.0. The Morgan fingerprint density at radius 1 is 1.32 bits per heavy atom. The summed E-state index contributed by atoms with van der Waals surface area (Å²) in [5, 5.41) is 6.84. The number of ketones is 1. The zero-order chi connectivity index (χ0) is 21.8. The van der Waals surface area contributed by atoms with Crippen molar-refractivity contribution in [3.63, 3.8) is 0 Å². The van der Waals surface area contributed by atoms with Crippen molar-refractivity contribution in [1.82, 2.24) is 15.6 Å². The highest BCUT2D eigenvalue weighted by Crippen LogP contribution is 2.30. The van der Waals surface area contributed by atoms with Gasteiger partial charge in [-0.05, 0) is 63.5 Å². The number of benzene rings is 1. The lowest BCUT2D eigenvalue weighted by molar-refractivity contribution is 0.0996. The molecule has 0 bridgehead atoms. The maximum absolute atomic E-state index is 13.4. The zero-order valence-corrected chi connectivity index (χ0v) is 18.2. The molecule has 3 heterocycles. The molecule has 0 amide bonds. The van der Waals surface area contributed by atoms with Crippen LogP contribution in [0.4, 0.5) is 10.1 Å². The molecule has 164 valence electrons. The van der Waals surface area contributed by atoms with Crippen molar-refractivity contribution < 1.29 is 13.9 Å². The quantitative estimate of drug-likeness (QED) is 0.672. The number of halogens is 2. The number of aliphatic imine (C=N–C) groups is 1. The standard InChI is InChI=1S/C23H26ClFN4O2/c1-14(31-16-2-3-19(25)18(24)10-16)20-11-22(30)17-6-9-28-21(23(17)29-20)13-27-12-15-4-7-26-8-5-15/h2-3,6,9-10,14-15,26-27H,4-5,7-8,11-13H2,1H3/t14-/m1/s1. The van der Waals surface area contributed by atoms with Crippen LogP contribution in [-0.2, 0) is 6.54 Å². The summed E-state index contributed by atoms with van der Waals surface area (Å²) in [6.45, 7) is 5.41. The summed E-state index contributed by atoms with van der Waals surface area (Å²) in [5.74, 6) is 0.565. The van der Waals surface area contributed by atoms with E-state index in [9.17, 15) is 9.18 Å². The molecule has 2 aromatic rings. The summed E-state index contributed by atoms with van der Waals surface area (Å²) in [6.07, 6.45) is 3.70. The van der Waals surface area contributed by atoms with E-state index in [1.165, 1.54) is 18.2 Å². The lowest BCUT2D eigenvalue weighted by Gasteiger charge is -2.24. The molecule has 1 aromatic heterocycles. The fourth-order valence-corrected chi connectivity index (χ4v) is 4.13. The first-order valence-electron chi connectivity index (χ1n) is 10.6. The van der Waals surface area contributed by atoms with Crippen LogP contribution < -0.4 is 15.4 Å². The van der Waals surface area contributed by atoms with Gasteiger partial charge in [0.25, 0.3) is 0 Å². The van der Waals surface area contributed by atoms with E-state index >= 15 is 0 Å². The Morgan fingerprint density at radius 3 is 2.90 bits per heavy atom. The molecule has 2 N–H and O–H groups in total. The zero-order valence-electron chi connectivity index (χ0n) is 17.5. The van der Waals surface area contributed by atoms with Crippen molar-refractivity contribution in [1.29, 1.82) is 0 Å². The number of piperidine rings is 1. The minimum atomic E-state index is -0.506. The number of pyridine rings is 1. The average Bonchev–Trinajstić information content (AvgIpc) is 2.77. The Balaban J connectivity index is 1.48. The lowest BCUT2D eigenvalue weighted by atomic mass is 9.97. The van der Waals surface area contributed by atoms with Gasteiger partial charge in [0.2, 0.25) is 0 Å². The number of aromatic nitrogens is 1. The molecular formula is C23H26ClFN4O2. The normalized spacial score (nSPS) is 17.8. The van der Waals surface area contributed by atoms with E-state index in [-0.39, 0.29) is 17.2 Å². The highest BCUT2D eigenvalue weighted by Gasteiger charge is 2.26. The maximum atomic E-state index is 13.4. The predicted molar refractivity (Wildman–Crippen MR) is 119 cm³/mol. The Morgan fingerprint density at radius 2 is 2.13 bits per heavy atom. The smallest absolute Gasteiger partial charge is 0.170 e. The van der Waals surface area contributed by atoms with Crippen LogP contribution in [-0.4, -0.2) is 42.2 Å². The minimum Gasteiger partial charge on any atom is -0.485 e. The molecule has 2 aliphatic rings. The van der Waals surface area contributed by atoms with Crippen LogP contribution in [0.3, 0.4) is 0 Å². The van der Waals surface area contributed by atoms with Crippen LogP contribution in [0.2, 0.25) is 5.02 Å². The molecule has 6 nitrogen and oxygen atoms in total. The Kier molecular flexibility index (Phi) is 6.95. The van der Waals surface area contributed by atoms with E-state index in [1.54, 1.807) is 12.3 Å². The fraction of sp³-hybridized carbons (Fsp3) is 0.435. The monoisotopic (exact) mass is 444 g/mol.